The molecule has 1 unspecified atom stereocenters. The maximum absolute atomic E-state index is 13.4. The lowest BCUT2D eigenvalue weighted by atomic mass is 9.51. The van der Waals surface area contributed by atoms with Gasteiger partial charge in [-0.3, -0.25) is 4.79 Å². The zero-order valence-corrected chi connectivity index (χ0v) is 22.9. The molecule has 4 fully saturated rings. The van der Waals surface area contributed by atoms with Crippen molar-refractivity contribution in [1.82, 2.24) is 10.0 Å². The van der Waals surface area contributed by atoms with E-state index in [1.54, 1.807) is 38.1 Å². The maximum Gasteiger partial charge on any atom is 0.263 e. The van der Waals surface area contributed by atoms with Gasteiger partial charge in [0.05, 0.1) is 4.90 Å². The molecule has 4 saturated carbocycles. The Morgan fingerprint density at radius 2 is 1.67 bits per heavy atom. The molecular weight excluding hydrogens is 496 g/mol. The smallest absolute Gasteiger partial charge is 0.263 e. The molecule has 8 heteroatoms. The molecule has 2 aromatic carbocycles. The van der Waals surface area contributed by atoms with E-state index in [1.165, 1.54) is 0 Å². The summed E-state index contributed by atoms with van der Waals surface area (Å²) in [5, 5.41) is 3.93. The molecule has 2 N–H and O–H groups in total. The molecule has 0 aromatic heterocycles. The van der Waals surface area contributed by atoms with Crippen molar-refractivity contribution < 1.29 is 17.9 Å². The highest BCUT2D eigenvalue weighted by atomic mass is 35.5. The number of aryl methyl sites for hydroxylation is 2. The SMILES string of the molecule is Cc1ccc(S(=O)(=O)N[C@@]23CC4C[C@H](C2)[C@H](NC(=O)C(C)(C)Oc2ccc(Cl)cc2C)[C@@H](C4)C3)cc1. The minimum atomic E-state index is -3.61. The first-order valence-electron chi connectivity index (χ1n) is 12.7. The summed E-state index contributed by atoms with van der Waals surface area (Å²) in [6, 6.07) is 12.4. The van der Waals surface area contributed by atoms with Crippen LogP contribution in [0.5, 0.6) is 5.75 Å². The van der Waals surface area contributed by atoms with E-state index in [0.29, 0.717) is 21.6 Å². The van der Waals surface area contributed by atoms with Crippen LogP contribution in [0, 0.1) is 31.6 Å². The summed E-state index contributed by atoms with van der Waals surface area (Å²) in [7, 11) is -3.61. The van der Waals surface area contributed by atoms with E-state index < -0.39 is 21.2 Å². The van der Waals surface area contributed by atoms with Gasteiger partial charge in [0, 0.05) is 16.6 Å². The number of carbonyl (C=O) groups is 1. The second-order valence-electron chi connectivity index (χ2n) is 11.7. The molecule has 4 bridgehead atoms. The number of carbonyl (C=O) groups excluding carboxylic acids is 1. The highest BCUT2D eigenvalue weighted by Crippen LogP contribution is 2.56. The summed E-state index contributed by atoms with van der Waals surface area (Å²) in [5.74, 6) is 1.46. The number of hydrogen-bond acceptors (Lipinski definition) is 4. The Morgan fingerprint density at radius 3 is 2.28 bits per heavy atom. The first-order valence-corrected chi connectivity index (χ1v) is 14.6. The molecule has 0 heterocycles. The number of nitrogens with one attached hydrogen (secondary N) is 2. The molecule has 0 spiro atoms. The van der Waals surface area contributed by atoms with E-state index in [9.17, 15) is 13.2 Å². The predicted octanol–water partition coefficient (Wildman–Crippen LogP) is 5.16. The summed E-state index contributed by atoms with van der Waals surface area (Å²) < 4.78 is 35.7. The molecule has 4 aliphatic rings. The van der Waals surface area contributed by atoms with Crippen molar-refractivity contribution >= 4 is 27.5 Å². The topological polar surface area (TPSA) is 84.5 Å². The van der Waals surface area contributed by atoms with Gasteiger partial charge in [-0.05, 0) is 113 Å². The largest absolute Gasteiger partial charge is 0.478 e. The highest BCUT2D eigenvalue weighted by molar-refractivity contribution is 7.89. The summed E-state index contributed by atoms with van der Waals surface area (Å²) in [6.07, 6.45) is 4.40. The van der Waals surface area contributed by atoms with Gasteiger partial charge in [0.2, 0.25) is 10.0 Å². The van der Waals surface area contributed by atoms with Crippen LogP contribution in [-0.2, 0) is 14.8 Å². The van der Waals surface area contributed by atoms with E-state index in [-0.39, 0.29) is 23.8 Å². The van der Waals surface area contributed by atoms with Crippen LogP contribution in [0.4, 0.5) is 0 Å². The number of ether oxygens (including phenoxy) is 1. The quantitative estimate of drug-likeness (QED) is 0.518. The lowest BCUT2D eigenvalue weighted by molar-refractivity contribution is -0.138. The van der Waals surface area contributed by atoms with Gasteiger partial charge in [0.15, 0.2) is 5.60 Å². The first-order chi connectivity index (χ1) is 16.9. The molecule has 0 aliphatic heterocycles. The second kappa shape index (κ2) is 9.03. The van der Waals surface area contributed by atoms with Gasteiger partial charge in [-0.15, -0.1) is 0 Å². The summed E-state index contributed by atoms with van der Waals surface area (Å²) in [4.78, 5) is 13.7. The van der Waals surface area contributed by atoms with E-state index >= 15 is 0 Å². The van der Waals surface area contributed by atoms with Crippen LogP contribution in [0.1, 0.15) is 57.1 Å². The molecule has 2 aromatic rings. The van der Waals surface area contributed by atoms with Crippen molar-refractivity contribution in [2.45, 2.75) is 81.9 Å². The Bertz CT molecular complexity index is 1260. The van der Waals surface area contributed by atoms with Crippen molar-refractivity contribution in [3.05, 3.63) is 58.6 Å². The first kappa shape index (κ1) is 25.6. The predicted molar refractivity (Wildman–Crippen MR) is 141 cm³/mol. The second-order valence-corrected chi connectivity index (χ2v) is 13.8. The van der Waals surface area contributed by atoms with Crippen LogP contribution < -0.4 is 14.8 Å². The van der Waals surface area contributed by atoms with Crippen LogP contribution >= 0.6 is 11.6 Å². The molecular formula is C28H35ClN2O4S. The Balaban J connectivity index is 1.29. The molecule has 194 valence electrons. The third-order valence-electron chi connectivity index (χ3n) is 8.30. The molecule has 6 nitrogen and oxygen atoms in total. The monoisotopic (exact) mass is 530 g/mol. The Hall–Kier alpha value is -2.09. The highest BCUT2D eigenvalue weighted by Gasteiger charge is 2.57. The van der Waals surface area contributed by atoms with E-state index in [0.717, 1.165) is 43.2 Å². The molecule has 36 heavy (non-hydrogen) atoms. The Kier molecular flexibility index (Phi) is 6.41. The fraction of sp³-hybridized carbons (Fsp3) is 0.536. The van der Waals surface area contributed by atoms with Crippen LogP contribution in [0.15, 0.2) is 47.4 Å². The fourth-order valence-electron chi connectivity index (χ4n) is 6.82. The van der Waals surface area contributed by atoms with E-state index in [1.807, 2.05) is 32.0 Å². The lowest BCUT2D eigenvalue weighted by Crippen LogP contribution is -2.67. The summed E-state index contributed by atoms with van der Waals surface area (Å²) in [5.41, 5.74) is 0.410. The number of sulfonamides is 1. The van der Waals surface area contributed by atoms with Gasteiger partial charge >= 0.3 is 0 Å². The standard InChI is InChI=1S/C28H35ClN2O4S/c1-17-5-8-23(9-6-17)36(33,34)31-28-14-19-12-20(15-28)25(21(13-19)16-28)30-26(32)27(3,4)35-24-10-7-22(29)11-18(24)2/h5-11,19-21,25,31H,12-16H2,1-4H3,(H,30,32)/t19?,20-,21+,25+,28+. The summed E-state index contributed by atoms with van der Waals surface area (Å²) in [6.45, 7) is 7.41. The average Bonchev–Trinajstić information content (AvgIpc) is 2.77. The molecule has 5 atom stereocenters. The van der Waals surface area contributed by atoms with Gasteiger partial charge < -0.3 is 10.1 Å². The number of benzene rings is 2. The minimum absolute atomic E-state index is 0.0280. The number of halogens is 1. The number of amides is 1. The van der Waals surface area contributed by atoms with Crippen molar-refractivity contribution in [2.24, 2.45) is 17.8 Å². The molecule has 6 rings (SSSR count). The van der Waals surface area contributed by atoms with Crippen LogP contribution in [0.3, 0.4) is 0 Å². The normalized spacial score (nSPS) is 29.2. The van der Waals surface area contributed by atoms with Crippen molar-refractivity contribution in [3.63, 3.8) is 0 Å². The third kappa shape index (κ3) is 4.90. The van der Waals surface area contributed by atoms with Crippen molar-refractivity contribution in [1.29, 1.82) is 0 Å². The zero-order chi connectivity index (χ0) is 25.9. The third-order valence-corrected chi connectivity index (χ3v) is 10.1. The van der Waals surface area contributed by atoms with Crippen molar-refractivity contribution in [2.75, 3.05) is 0 Å². The minimum Gasteiger partial charge on any atom is -0.478 e. The Morgan fingerprint density at radius 1 is 1.03 bits per heavy atom. The molecule has 4 aliphatic carbocycles. The molecule has 0 saturated heterocycles. The summed E-state index contributed by atoms with van der Waals surface area (Å²) >= 11 is 6.06. The van der Waals surface area contributed by atoms with Gasteiger partial charge in [-0.25, -0.2) is 13.1 Å². The van der Waals surface area contributed by atoms with Crippen LogP contribution in [0.2, 0.25) is 5.02 Å². The van der Waals surface area contributed by atoms with Gasteiger partial charge in [-0.1, -0.05) is 29.3 Å². The lowest BCUT2D eigenvalue weighted by Gasteiger charge is -2.60. The van der Waals surface area contributed by atoms with Crippen LogP contribution in [-0.4, -0.2) is 31.5 Å². The van der Waals surface area contributed by atoms with E-state index in [2.05, 4.69) is 10.0 Å². The van der Waals surface area contributed by atoms with Gasteiger partial charge in [-0.2, -0.15) is 0 Å². The van der Waals surface area contributed by atoms with Gasteiger partial charge in [0.1, 0.15) is 5.75 Å². The maximum atomic E-state index is 13.4. The number of hydrogen-bond donors (Lipinski definition) is 2. The Labute approximate surface area is 219 Å². The fourth-order valence-corrected chi connectivity index (χ4v) is 8.48. The zero-order valence-electron chi connectivity index (χ0n) is 21.3. The number of rotatable bonds is 7. The molecule has 1 amide bonds. The van der Waals surface area contributed by atoms with Crippen molar-refractivity contribution in [3.8, 4) is 5.75 Å². The molecule has 0 radical (unpaired) electrons. The van der Waals surface area contributed by atoms with Crippen LogP contribution in [0.25, 0.3) is 0 Å². The van der Waals surface area contributed by atoms with E-state index in [4.69, 9.17) is 16.3 Å². The average molecular weight is 531 g/mol. The van der Waals surface area contributed by atoms with Gasteiger partial charge in [0.25, 0.3) is 5.91 Å².